The van der Waals surface area contributed by atoms with Crippen molar-refractivity contribution in [3.63, 3.8) is 0 Å². The molecule has 2 aromatic rings. The summed E-state index contributed by atoms with van der Waals surface area (Å²) in [6.07, 6.45) is 2.05. The van der Waals surface area contributed by atoms with Crippen molar-refractivity contribution in [1.29, 1.82) is 0 Å². The van der Waals surface area contributed by atoms with E-state index in [1.54, 1.807) is 0 Å². The lowest BCUT2D eigenvalue weighted by atomic mass is 10.00. The Balaban J connectivity index is 1.80. The van der Waals surface area contributed by atoms with Gasteiger partial charge in [-0.05, 0) is 18.4 Å². The van der Waals surface area contributed by atoms with Gasteiger partial charge in [0.05, 0.1) is 12.0 Å². The van der Waals surface area contributed by atoms with Crippen LogP contribution in [0, 0.1) is 0 Å². The first-order valence-corrected chi connectivity index (χ1v) is 7.37. The third kappa shape index (κ3) is 2.58. The standard InChI is InChI=1S/C15H17ClN2O2/c1-2-12-11(8-9-19-12)14-17-18-15(20-14)13(16)10-6-4-3-5-7-10/h3-7,11-13H,2,8-9H2,1H3. The maximum Gasteiger partial charge on any atom is 0.238 e. The van der Waals surface area contributed by atoms with Gasteiger partial charge in [0.15, 0.2) is 0 Å². The minimum absolute atomic E-state index is 0.175. The second-order valence-electron chi connectivity index (χ2n) is 4.96. The van der Waals surface area contributed by atoms with Crippen LogP contribution in [0.15, 0.2) is 34.7 Å². The van der Waals surface area contributed by atoms with Crippen molar-refractivity contribution in [3.05, 3.63) is 47.7 Å². The molecule has 0 N–H and O–H groups in total. The molecule has 1 saturated heterocycles. The molecule has 3 rings (SSSR count). The van der Waals surface area contributed by atoms with E-state index in [1.807, 2.05) is 30.3 Å². The van der Waals surface area contributed by atoms with Crippen molar-refractivity contribution >= 4 is 11.6 Å². The fourth-order valence-electron chi connectivity index (χ4n) is 2.60. The van der Waals surface area contributed by atoms with Gasteiger partial charge in [-0.2, -0.15) is 0 Å². The zero-order valence-electron chi connectivity index (χ0n) is 11.3. The van der Waals surface area contributed by atoms with Crippen molar-refractivity contribution in [2.45, 2.75) is 37.2 Å². The van der Waals surface area contributed by atoms with Gasteiger partial charge in [-0.25, -0.2) is 0 Å². The van der Waals surface area contributed by atoms with Gasteiger partial charge < -0.3 is 9.15 Å². The van der Waals surface area contributed by atoms with E-state index in [4.69, 9.17) is 20.8 Å². The molecule has 1 aliphatic rings. The number of nitrogens with zero attached hydrogens (tertiary/aromatic N) is 2. The predicted molar refractivity (Wildman–Crippen MR) is 75.8 cm³/mol. The molecule has 106 valence electrons. The van der Waals surface area contributed by atoms with E-state index in [0.717, 1.165) is 25.0 Å². The summed E-state index contributed by atoms with van der Waals surface area (Å²) in [7, 11) is 0. The first-order chi connectivity index (χ1) is 9.79. The van der Waals surface area contributed by atoms with Crippen molar-refractivity contribution in [3.8, 4) is 0 Å². The van der Waals surface area contributed by atoms with Crippen molar-refractivity contribution < 1.29 is 9.15 Å². The molecule has 1 aliphatic heterocycles. The third-order valence-electron chi connectivity index (χ3n) is 3.69. The lowest BCUT2D eigenvalue weighted by molar-refractivity contribution is 0.0963. The summed E-state index contributed by atoms with van der Waals surface area (Å²) in [6.45, 7) is 2.86. The molecule has 5 heteroatoms. The quantitative estimate of drug-likeness (QED) is 0.807. The number of hydrogen-bond donors (Lipinski definition) is 0. The van der Waals surface area contributed by atoms with Crippen LogP contribution in [0.4, 0.5) is 0 Å². The number of alkyl halides is 1. The van der Waals surface area contributed by atoms with Crippen LogP contribution in [0.1, 0.15) is 48.4 Å². The van der Waals surface area contributed by atoms with Crippen LogP contribution in [0.5, 0.6) is 0 Å². The van der Waals surface area contributed by atoms with Gasteiger partial charge in [0, 0.05) is 6.61 Å². The zero-order chi connectivity index (χ0) is 13.9. The van der Waals surface area contributed by atoms with Crippen LogP contribution >= 0.6 is 11.6 Å². The number of benzene rings is 1. The smallest absolute Gasteiger partial charge is 0.238 e. The maximum atomic E-state index is 6.39. The summed E-state index contributed by atoms with van der Waals surface area (Å²) >= 11 is 6.39. The number of ether oxygens (including phenoxy) is 1. The molecular weight excluding hydrogens is 276 g/mol. The van der Waals surface area contributed by atoms with E-state index in [1.165, 1.54) is 0 Å². The monoisotopic (exact) mass is 292 g/mol. The van der Waals surface area contributed by atoms with Gasteiger partial charge in [0.1, 0.15) is 5.38 Å². The van der Waals surface area contributed by atoms with Gasteiger partial charge >= 0.3 is 0 Å². The van der Waals surface area contributed by atoms with Crippen LogP contribution in [-0.4, -0.2) is 22.9 Å². The van der Waals surface area contributed by atoms with Crippen molar-refractivity contribution in [2.75, 3.05) is 6.61 Å². The molecule has 0 bridgehead atoms. The Morgan fingerprint density at radius 2 is 2.10 bits per heavy atom. The summed E-state index contributed by atoms with van der Waals surface area (Å²) < 4.78 is 11.4. The Morgan fingerprint density at radius 3 is 2.85 bits per heavy atom. The van der Waals surface area contributed by atoms with Crippen LogP contribution in [-0.2, 0) is 4.74 Å². The molecule has 1 aromatic carbocycles. The molecule has 2 heterocycles. The van der Waals surface area contributed by atoms with Crippen LogP contribution in [0.3, 0.4) is 0 Å². The summed E-state index contributed by atoms with van der Waals surface area (Å²) in [4.78, 5) is 0. The molecular formula is C15H17ClN2O2. The Kier molecular flexibility index (Phi) is 4.03. The first kappa shape index (κ1) is 13.6. The minimum Gasteiger partial charge on any atom is -0.423 e. The predicted octanol–water partition coefficient (Wildman–Crippen LogP) is 3.68. The number of aromatic nitrogens is 2. The molecule has 0 amide bonds. The number of halogens is 1. The van der Waals surface area contributed by atoms with E-state index < -0.39 is 5.38 Å². The first-order valence-electron chi connectivity index (χ1n) is 6.93. The molecule has 0 spiro atoms. The van der Waals surface area contributed by atoms with Crippen LogP contribution in [0.2, 0.25) is 0 Å². The Morgan fingerprint density at radius 1 is 1.30 bits per heavy atom. The van der Waals surface area contributed by atoms with Gasteiger partial charge in [-0.3, -0.25) is 0 Å². The average molecular weight is 293 g/mol. The van der Waals surface area contributed by atoms with E-state index in [9.17, 15) is 0 Å². The fraction of sp³-hybridized carbons (Fsp3) is 0.467. The summed E-state index contributed by atoms with van der Waals surface area (Å²) in [5.41, 5.74) is 0.957. The largest absolute Gasteiger partial charge is 0.423 e. The van der Waals surface area contributed by atoms with E-state index in [0.29, 0.717) is 11.8 Å². The molecule has 1 fully saturated rings. The Bertz CT molecular complexity index is 558. The van der Waals surface area contributed by atoms with Crippen LogP contribution in [0.25, 0.3) is 0 Å². The van der Waals surface area contributed by atoms with Gasteiger partial charge in [0.25, 0.3) is 0 Å². The third-order valence-corrected chi connectivity index (χ3v) is 4.13. The SMILES string of the molecule is CCC1OCCC1c1nnc(C(Cl)c2ccccc2)o1. The highest BCUT2D eigenvalue weighted by Crippen LogP contribution is 2.34. The second-order valence-corrected chi connectivity index (χ2v) is 5.40. The molecule has 0 radical (unpaired) electrons. The summed E-state index contributed by atoms with van der Waals surface area (Å²) in [5.74, 6) is 1.29. The fourth-order valence-corrected chi connectivity index (χ4v) is 2.83. The van der Waals surface area contributed by atoms with E-state index in [2.05, 4.69) is 17.1 Å². The van der Waals surface area contributed by atoms with Crippen molar-refractivity contribution in [1.82, 2.24) is 10.2 Å². The number of rotatable bonds is 4. The topological polar surface area (TPSA) is 48.2 Å². The molecule has 20 heavy (non-hydrogen) atoms. The minimum atomic E-state index is -0.403. The highest BCUT2D eigenvalue weighted by molar-refractivity contribution is 6.22. The molecule has 3 atom stereocenters. The summed E-state index contributed by atoms with van der Waals surface area (Å²) in [6, 6.07) is 9.75. The molecule has 0 aliphatic carbocycles. The lowest BCUT2D eigenvalue weighted by Crippen LogP contribution is -2.13. The molecule has 1 aromatic heterocycles. The van der Waals surface area contributed by atoms with Crippen molar-refractivity contribution in [2.24, 2.45) is 0 Å². The Hall–Kier alpha value is -1.39. The van der Waals surface area contributed by atoms with Gasteiger partial charge in [-0.15, -0.1) is 21.8 Å². The molecule has 4 nitrogen and oxygen atoms in total. The summed E-state index contributed by atoms with van der Waals surface area (Å²) in [5, 5.41) is 7.86. The highest BCUT2D eigenvalue weighted by Gasteiger charge is 2.33. The Labute approximate surface area is 123 Å². The van der Waals surface area contributed by atoms with Gasteiger partial charge in [-0.1, -0.05) is 37.3 Å². The average Bonchev–Trinajstić information content (AvgIpc) is 3.15. The second kappa shape index (κ2) is 5.94. The van der Waals surface area contributed by atoms with E-state index in [-0.39, 0.29) is 12.0 Å². The van der Waals surface area contributed by atoms with Gasteiger partial charge in [0.2, 0.25) is 11.8 Å². The zero-order valence-corrected chi connectivity index (χ0v) is 12.1. The number of hydrogen-bond acceptors (Lipinski definition) is 4. The molecule has 3 unspecified atom stereocenters. The lowest BCUT2D eigenvalue weighted by Gasteiger charge is -2.12. The van der Waals surface area contributed by atoms with Crippen LogP contribution < -0.4 is 0 Å². The van der Waals surface area contributed by atoms with E-state index >= 15 is 0 Å². The normalized spacial score (nSPS) is 23.9. The highest BCUT2D eigenvalue weighted by atomic mass is 35.5. The maximum absolute atomic E-state index is 6.39. The molecule has 0 saturated carbocycles.